The van der Waals surface area contributed by atoms with Gasteiger partial charge in [0.25, 0.3) is 0 Å². The van der Waals surface area contributed by atoms with Crippen LogP contribution in [0.25, 0.3) is 5.69 Å². The Morgan fingerprint density at radius 2 is 1.83 bits per heavy atom. The summed E-state index contributed by atoms with van der Waals surface area (Å²) in [5.41, 5.74) is -0.187. The predicted molar refractivity (Wildman–Crippen MR) is 105 cm³/mol. The number of aryl methyl sites for hydroxylation is 1. The van der Waals surface area contributed by atoms with Crippen LogP contribution in [0.3, 0.4) is 0 Å². The first kappa shape index (κ1) is 20.3. The number of carboxylic acid groups (broad SMARTS) is 1. The molecule has 29 heavy (non-hydrogen) atoms. The smallest absolute Gasteiger partial charge is 0.351 e. The largest absolute Gasteiger partial charge is 0.485 e. The number of hydrogen-bond donors (Lipinski definition) is 1. The van der Waals surface area contributed by atoms with Crippen LogP contribution in [-0.4, -0.2) is 25.4 Å². The lowest BCUT2D eigenvalue weighted by Crippen LogP contribution is -2.26. The molecule has 0 unspecified atom stereocenters. The highest BCUT2D eigenvalue weighted by molar-refractivity contribution is 5.91. The lowest BCUT2D eigenvalue weighted by atomic mass is 10.1. The van der Waals surface area contributed by atoms with Crippen molar-refractivity contribution in [3.63, 3.8) is 0 Å². The molecule has 0 aliphatic rings. The van der Waals surface area contributed by atoms with E-state index in [4.69, 9.17) is 4.74 Å². The van der Waals surface area contributed by atoms with E-state index in [0.29, 0.717) is 5.82 Å². The van der Waals surface area contributed by atoms with Crippen LogP contribution in [0, 0.1) is 12.7 Å². The van der Waals surface area contributed by atoms with Gasteiger partial charge < -0.3 is 9.84 Å². The maximum Gasteiger partial charge on any atom is 0.351 e. The van der Waals surface area contributed by atoms with E-state index in [0.717, 1.165) is 16.3 Å². The lowest BCUT2D eigenvalue weighted by Gasteiger charge is -2.18. The van der Waals surface area contributed by atoms with E-state index in [-0.39, 0.29) is 23.0 Å². The Morgan fingerprint density at radius 1 is 1.17 bits per heavy atom. The van der Waals surface area contributed by atoms with E-state index in [9.17, 15) is 19.1 Å². The van der Waals surface area contributed by atoms with Crippen LogP contribution < -0.4 is 10.4 Å². The van der Waals surface area contributed by atoms with Gasteiger partial charge in [0.15, 0.2) is 0 Å². The van der Waals surface area contributed by atoms with Crippen LogP contribution >= 0.6 is 0 Å². The molecule has 0 spiro atoms. The maximum absolute atomic E-state index is 14.7. The summed E-state index contributed by atoms with van der Waals surface area (Å²) in [6.45, 7) is 7.05. The van der Waals surface area contributed by atoms with E-state index in [1.54, 1.807) is 13.8 Å². The van der Waals surface area contributed by atoms with Crippen molar-refractivity contribution < 1.29 is 19.0 Å². The summed E-state index contributed by atoms with van der Waals surface area (Å²) in [7, 11) is 0. The molecule has 0 amide bonds. The minimum absolute atomic E-state index is 0.0473. The first-order valence-electron chi connectivity index (χ1n) is 9.17. The molecule has 0 aliphatic heterocycles. The zero-order valence-corrected chi connectivity index (χ0v) is 16.6. The number of benzene rings is 2. The van der Waals surface area contributed by atoms with Crippen LogP contribution in [0.1, 0.15) is 54.7 Å². The molecule has 1 atom stereocenters. The highest BCUT2D eigenvalue weighted by Gasteiger charge is 2.23. The van der Waals surface area contributed by atoms with Crippen molar-refractivity contribution in [3.05, 3.63) is 75.7 Å². The van der Waals surface area contributed by atoms with Crippen molar-refractivity contribution in [1.29, 1.82) is 0 Å². The average Bonchev–Trinajstić information content (AvgIpc) is 2.97. The van der Waals surface area contributed by atoms with E-state index in [1.165, 1.54) is 10.6 Å². The van der Waals surface area contributed by atoms with E-state index >= 15 is 0 Å². The Balaban J connectivity index is 2.12. The van der Waals surface area contributed by atoms with E-state index in [2.05, 4.69) is 5.10 Å². The van der Waals surface area contributed by atoms with Gasteiger partial charge in [0.2, 0.25) is 0 Å². The zero-order valence-electron chi connectivity index (χ0n) is 16.6. The van der Waals surface area contributed by atoms with Crippen molar-refractivity contribution in [1.82, 2.24) is 14.3 Å². The molecule has 1 aromatic heterocycles. The van der Waals surface area contributed by atoms with Gasteiger partial charge >= 0.3 is 11.7 Å². The van der Waals surface area contributed by atoms with Gasteiger partial charge in [0.1, 0.15) is 34.7 Å². The molecule has 0 saturated heterocycles. The van der Waals surface area contributed by atoms with Crippen molar-refractivity contribution >= 4 is 5.97 Å². The maximum atomic E-state index is 14.7. The Labute approximate surface area is 167 Å². The monoisotopic (exact) mass is 399 g/mol. The Morgan fingerprint density at radius 3 is 2.38 bits per heavy atom. The van der Waals surface area contributed by atoms with Crippen LogP contribution in [0.2, 0.25) is 0 Å². The SMILES string of the molecule is Cc1nn(-c2cc(O[C@@H](C)c3ccccc3)c(C(=O)O)cc2F)c(=O)n1C(C)C. The summed E-state index contributed by atoms with van der Waals surface area (Å²) >= 11 is 0. The van der Waals surface area contributed by atoms with Gasteiger partial charge in [-0.1, -0.05) is 30.3 Å². The normalized spacial score (nSPS) is 12.2. The summed E-state index contributed by atoms with van der Waals surface area (Å²) in [4.78, 5) is 24.3. The number of carbonyl (C=O) groups is 1. The molecule has 3 rings (SSSR count). The fraction of sp³-hybridized carbons (Fsp3) is 0.286. The molecular weight excluding hydrogens is 377 g/mol. The van der Waals surface area contributed by atoms with Gasteiger partial charge in [0, 0.05) is 12.1 Å². The summed E-state index contributed by atoms with van der Waals surface area (Å²) in [6, 6.07) is 11.1. The Hall–Kier alpha value is -3.42. The topological polar surface area (TPSA) is 86.4 Å². The second-order valence-electron chi connectivity index (χ2n) is 6.98. The van der Waals surface area contributed by atoms with Crippen molar-refractivity contribution in [3.8, 4) is 11.4 Å². The standard InChI is InChI=1S/C21H22FN3O4/c1-12(2)24-14(4)23-25(21(24)28)18-11-19(16(20(26)27)10-17(18)22)29-13(3)15-8-6-5-7-9-15/h5-13H,1-4H3,(H,26,27)/t13-/m0/s1. The minimum Gasteiger partial charge on any atom is -0.485 e. The van der Waals surface area contributed by atoms with Crippen molar-refractivity contribution in [2.24, 2.45) is 0 Å². The molecule has 152 valence electrons. The third-order valence-corrected chi connectivity index (χ3v) is 4.58. The van der Waals surface area contributed by atoms with E-state index < -0.39 is 23.6 Å². The van der Waals surface area contributed by atoms with Crippen LogP contribution in [0.15, 0.2) is 47.3 Å². The molecule has 2 aromatic carbocycles. The number of ether oxygens (including phenoxy) is 1. The predicted octanol–water partition coefficient (Wildman–Crippen LogP) is 3.90. The molecule has 0 fully saturated rings. The van der Waals surface area contributed by atoms with Gasteiger partial charge in [0.05, 0.1) is 0 Å². The number of nitrogens with zero attached hydrogens (tertiary/aromatic N) is 3. The molecule has 7 nitrogen and oxygen atoms in total. The van der Waals surface area contributed by atoms with Crippen molar-refractivity contribution in [2.75, 3.05) is 0 Å². The summed E-state index contributed by atoms with van der Waals surface area (Å²) in [5.74, 6) is -1.83. The second-order valence-corrected chi connectivity index (χ2v) is 6.98. The van der Waals surface area contributed by atoms with Gasteiger partial charge in [-0.3, -0.25) is 4.57 Å². The fourth-order valence-corrected chi connectivity index (χ4v) is 3.18. The zero-order chi connectivity index (χ0) is 21.3. The molecule has 3 aromatic rings. The molecule has 0 saturated carbocycles. The molecule has 0 aliphatic carbocycles. The average molecular weight is 399 g/mol. The number of halogens is 1. The number of carboxylic acids is 1. The number of aromatic nitrogens is 3. The Kier molecular flexibility index (Phi) is 5.54. The third kappa shape index (κ3) is 3.91. The fourth-order valence-electron chi connectivity index (χ4n) is 3.18. The quantitative estimate of drug-likeness (QED) is 0.679. The second kappa shape index (κ2) is 7.90. The van der Waals surface area contributed by atoms with Gasteiger partial charge in [-0.25, -0.2) is 14.0 Å². The summed E-state index contributed by atoms with van der Waals surface area (Å²) in [5, 5.41) is 13.6. The number of aromatic carboxylic acids is 1. The molecule has 1 heterocycles. The minimum atomic E-state index is -1.33. The van der Waals surface area contributed by atoms with Crippen LogP contribution in [-0.2, 0) is 0 Å². The molecule has 0 bridgehead atoms. The molecule has 0 radical (unpaired) electrons. The molecule has 1 N–H and O–H groups in total. The highest BCUT2D eigenvalue weighted by atomic mass is 19.1. The third-order valence-electron chi connectivity index (χ3n) is 4.58. The molecule has 8 heteroatoms. The van der Waals surface area contributed by atoms with E-state index in [1.807, 2.05) is 44.2 Å². The van der Waals surface area contributed by atoms with Crippen LogP contribution in [0.5, 0.6) is 5.75 Å². The van der Waals surface area contributed by atoms with Gasteiger partial charge in [-0.2, -0.15) is 9.78 Å². The van der Waals surface area contributed by atoms with Crippen molar-refractivity contribution in [2.45, 2.75) is 39.8 Å². The number of hydrogen-bond acceptors (Lipinski definition) is 4. The highest BCUT2D eigenvalue weighted by Crippen LogP contribution is 2.29. The van der Waals surface area contributed by atoms with Gasteiger partial charge in [-0.15, -0.1) is 0 Å². The number of rotatable bonds is 6. The van der Waals surface area contributed by atoms with Crippen LogP contribution in [0.4, 0.5) is 4.39 Å². The summed E-state index contributed by atoms with van der Waals surface area (Å²) in [6.07, 6.45) is -0.487. The first-order chi connectivity index (χ1) is 13.7. The summed E-state index contributed by atoms with van der Waals surface area (Å²) < 4.78 is 22.9. The first-order valence-corrected chi connectivity index (χ1v) is 9.17. The van der Waals surface area contributed by atoms with Gasteiger partial charge in [-0.05, 0) is 39.3 Å². The lowest BCUT2D eigenvalue weighted by molar-refractivity contribution is 0.0689. The Bertz CT molecular complexity index is 1100. The molecular formula is C21H22FN3O4.